The second kappa shape index (κ2) is 4.87. The molecule has 0 aromatic carbocycles. The van der Waals surface area contributed by atoms with Gasteiger partial charge >= 0.3 is 5.69 Å². The summed E-state index contributed by atoms with van der Waals surface area (Å²) in [6.45, 7) is -1.48. The summed E-state index contributed by atoms with van der Waals surface area (Å²) in [5.41, 5.74) is -3.22. The highest BCUT2D eigenvalue weighted by Crippen LogP contribution is 2.35. The van der Waals surface area contributed by atoms with E-state index < -0.39 is 48.5 Å². The summed E-state index contributed by atoms with van der Waals surface area (Å²) < 4.78 is 6.08. The fourth-order valence-electron chi connectivity index (χ4n) is 2.01. The van der Waals surface area contributed by atoms with Crippen LogP contribution in [0.5, 0.6) is 0 Å². The zero-order valence-corrected chi connectivity index (χ0v) is 9.76. The van der Waals surface area contributed by atoms with Gasteiger partial charge in [0.2, 0.25) is 0 Å². The van der Waals surface area contributed by atoms with Crippen molar-refractivity contribution in [1.82, 2.24) is 9.55 Å². The molecule has 0 aliphatic carbocycles. The Morgan fingerprint density at radius 3 is 2.42 bits per heavy atom. The average molecular weight is 274 g/mol. The number of hydrogen-bond acceptors (Lipinski definition) is 7. The van der Waals surface area contributed by atoms with E-state index in [0.717, 1.165) is 16.8 Å². The molecular weight excluding hydrogens is 260 g/mol. The molecule has 1 aliphatic rings. The molecule has 9 heteroatoms. The van der Waals surface area contributed by atoms with Crippen LogP contribution in [0.3, 0.4) is 0 Å². The minimum atomic E-state index is -1.76. The van der Waals surface area contributed by atoms with E-state index in [2.05, 4.69) is 0 Å². The van der Waals surface area contributed by atoms with E-state index in [-0.39, 0.29) is 0 Å². The first-order valence-electron chi connectivity index (χ1n) is 5.52. The molecule has 1 aromatic heterocycles. The molecule has 0 amide bonds. The third-order valence-electron chi connectivity index (χ3n) is 3.17. The number of hydrogen-bond donors (Lipinski definition) is 5. The molecule has 0 saturated carbocycles. The van der Waals surface area contributed by atoms with E-state index >= 15 is 0 Å². The molecule has 1 fully saturated rings. The number of aromatic nitrogens is 2. The van der Waals surface area contributed by atoms with Gasteiger partial charge < -0.3 is 25.2 Å². The Labute approximate surface area is 106 Å². The SMILES string of the molecule is O=c1ccn([C@@H]2OC(CO)(CO)[C@@H](O)[C@@H]2O)c(=O)[nH]1. The zero-order valence-electron chi connectivity index (χ0n) is 9.76. The third kappa shape index (κ3) is 2.11. The van der Waals surface area contributed by atoms with Gasteiger partial charge in [0.25, 0.3) is 5.56 Å². The Hall–Kier alpha value is -1.52. The predicted octanol–water partition coefficient (Wildman–Crippen LogP) is -3.49. The lowest BCUT2D eigenvalue weighted by Gasteiger charge is -2.27. The second-order valence-electron chi connectivity index (χ2n) is 4.34. The topological polar surface area (TPSA) is 145 Å². The van der Waals surface area contributed by atoms with Crippen LogP contribution in [0.2, 0.25) is 0 Å². The van der Waals surface area contributed by atoms with Crippen molar-refractivity contribution in [2.75, 3.05) is 13.2 Å². The second-order valence-corrected chi connectivity index (χ2v) is 4.34. The molecular formula is C10H14N2O7. The summed E-state index contributed by atoms with van der Waals surface area (Å²) in [6.07, 6.45) is -3.35. The van der Waals surface area contributed by atoms with Crippen molar-refractivity contribution in [3.8, 4) is 0 Å². The average Bonchev–Trinajstić information content (AvgIpc) is 2.64. The summed E-state index contributed by atoms with van der Waals surface area (Å²) in [4.78, 5) is 24.5. The summed E-state index contributed by atoms with van der Waals surface area (Å²) in [5, 5.41) is 38.0. The first kappa shape index (κ1) is 13.9. The van der Waals surface area contributed by atoms with E-state index in [1.54, 1.807) is 0 Å². The van der Waals surface area contributed by atoms with Crippen LogP contribution in [-0.2, 0) is 4.74 Å². The van der Waals surface area contributed by atoms with Crippen LogP contribution in [0.1, 0.15) is 6.23 Å². The lowest BCUT2D eigenvalue weighted by Crippen LogP contribution is -2.49. The fourth-order valence-corrected chi connectivity index (χ4v) is 2.01. The molecule has 106 valence electrons. The summed E-state index contributed by atoms with van der Waals surface area (Å²) >= 11 is 0. The van der Waals surface area contributed by atoms with Crippen molar-refractivity contribution < 1.29 is 25.2 Å². The maximum absolute atomic E-state index is 11.6. The van der Waals surface area contributed by atoms with E-state index in [1.807, 2.05) is 4.98 Å². The summed E-state index contributed by atoms with van der Waals surface area (Å²) in [5.74, 6) is 0. The lowest BCUT2D eigenvalue weighted by molar-refractivity contribution is -0.150. The molecule has 9 nitrogen and oxygen atoms in total. The van der Waals surface area contributed by atoms with Crippen molar-refractivity contribution in [2.45, 2.75) is 24.0 Å². The quantitative estimate of drug-likeness (QED) is 0.384. The Morgan fingerprint density at radius 2 is 1.95 bits per heavy atom. The monoisotopic (exact) mass is 274 g/mol. The number of aliphatic hydroxyl groups excluding tert-OH is 4. The van der Waals surface area contributed by atoms with Gasteiger partial charge in [-0.05, 0) is 0 Å². The molecule has 0 bridgehead atoms. The molecule has 5 N–H and O–H groups in total. The first-order valence-corrected chi connectivity index (χ1v) is 5.52. The zero-order chi connectivity index (χ0) is 14.2. The minimum Gasteiger partial charge on any atom is -0.393 e. The molecule has 1 aromatic rings. The highest BCUT2D eigenvalue weighted by molar-refractivity contribution is 5.01. The molecule has 0 radical (unpaired) electrons. The van der Waals surface area contributed by atoms with Crippen LogP contribution in [0.4, 0.5) is 0 Å². The number of H-pyrrole nitrogens is 1. The Kier molecular flexibility index (Phi) is 3.56. The van der Waals surface area contributed by atoms with Crippen molar-refractivity contribution >= 4 is 0 Å². The van der Waals surface area contributed by atoms with E-state index in [4.69, 9.17) is 4.74 Å². The normalized spacial score (nSPS) is 29.6. The molecule has 0 spiro atoms. The number of nitrogens with zero attached hydrogens (tertiary/aromatic N) is 1. The van der Waals surface area contributed by atoms with Gasteiger partial charge in [0.05, 0.1) is 13.2 Å². The van der Waals surface area contributed by atoms with Crippen LogP contribution in [0, 0.1) is 0 Å². The van der Waals surface area contributed by atoms with Crippen LogP contribution < -0.4 is 11.2 Å². The highest BCUT2D eigenvalue weighted by Gasteiger charge is 2.54. The van der Waals surface area contributed by atoms with Crippen molar-refractivity contribution in [1.29, 1.82) is 0 Å². The van der Waals surface area contributed by atoms with Gasteiger partial charge in [-0.1, -0.05) is 0 Å². The molecule has 0 unspecified atom stereocenters. The minimum absolute atomic E-state index is 0.620. The number of nitrogens with one attached hydrogen (secondary N) is 1. The van der Waals surface area contributed by atoms with Crippen molar-refractivity contribution in [3.05, 3.63) is 33.1 Å². The van der Waals surface area contributed by atoms with Crippen molar-refractivity contribution in [3.63, 3.8) is 0 Å². The van der Waals surface area contributed by atoms with Crippen LogP contribution in [0.25, 0.3) is 0 Å². The summed E-state index contributed by atoms with van der Waals surface area (Å²) in [6, 6.07) is 1.04. The van der Waals surface area contributed by atoms with E-state index in [0.29, 0.717) is 0 Å². The van der Waals surface area contributed by atoms with E-state index in [1.165, 1.54) is 0 Å². The largest absolute Gasteiger partial charge is 0.393 e. The lowest BCUT2D eigenvalue weighted by atomic mass is 9.97. The number of aromatic amines is 1. The van der Waals surface area contributed by atoms with Gasteiger partial charge in [0.1, 0.15) is 17.8 Å². The van der Waals surface area contributed by atoms with Crippen LogP contribution >= 0.6 is 0 Å². The van der Waals surface area contributed by atoms with Crippen LogP contribution in [-0.4, -0.2) is 61.0 Å². The Balaban J connectivity index is 2.42. The van der Waals surface area contributed by atoms with Gasteiger partial charge in [-0.15, -0.1) is 0 Å². The maximum atomic E-state index is 11.6. The maximum Gasteiger partial charge on any atom is 0.330 e. The fraction of sp³-hybridized carbons (Fsp3) is 0.600. The standard InChI is InChI=1S/C10H14N2O7/c13-3-10(4-14)7(17)6(16)8(19-10)12-2-1-5(15)11-9(12)18/h1-2,6-8,13-14,16-17H,3-4H2,(H,11,15,18)/t6-,7-,8+/m0/s1. The molecule has 2 heterocycles. The van der Waals surface area contributed by atoms with Crippen molar-refractivity contribution in [2.24, 2.45) is 0 Å². The number of ether oxygens (including phenoxy) is 1. The molecule has 2 rings (SSSR count). The van der Waals surface area contributed by atoms with Gasteiger partial charge in [0, 0.05) is 12.3 Å². The van der Waals surface area contributed by atoms with Gasteiger partial charge in [0.15, 0.2) is 6.23 Å². The van der Waals surface area contributed by atoms with Gasteiger partial charge in [-0.25, -0.2) is 4.79 Å². The first-order chi connectivity index (χ1) is 8.95. The summed E-state index contributed by atoms with van der Waals surface area (Å²) in [7, 11) is 0. The number of aliphatic hydroxyl groups is 4. The van der Waals surface area contributed by atoms with Gasteiger partial charge in [-0.2, -0.15) is 0 Å². The number of rotatable bonds is 3. The molecule has 19 heavy (non-hydrogen) atoms. The molecule has 1 aliphatic heterocycles. The third-order valence-corrected chi connectivity index (χ3v) is 3.17. The van der Waals surface area contributed by atoms with E-state index in [9.17, 15) is 30.0 Å². The Morgan fingerprint density at radius 1 is 1.32 bits per heavy atom. The highest BCUT2D eigenvalue weighted by atomic mass is 16.6. The van der Waals surface area contributed by atoms with Gasteiger partial charge in [-0.3, -0.25) is 14.3 Å². The molecule has 1 saturated heterocycles. The predicted molar refractivity (Wildman–Crippen MR) is 60.4 cm³/mol. The Bertz CT molecular complexity index is 561. The van der Waals surface area contributed by atoms with Crippen LogP contribution in [0.15, 0.2) is 21.9 Å². The molecule has 3 atom stereocenters. The smallest absolute Gasteiger partial charge is 0.330 e.